The van der Waals surface area contributed by atoms with E-state index in [1.165, 1.54) is 6.07 Å². The van der Waals surface area contributed by atoms with Crippen molar-refractivity contribution in [1.29, 1.82) is 0 Å². The molecule has 2 heterocycles. The highest BCUT2D eigenvalue weighted by Gasteiger charge is 2.38. The van der Waals surface area contributed by atoms with Crippen LogP contribution in [-0.4, -0.2) is 33.1 Å². The molecule has 0 aliphatic rings. The number of aryl methyl sites for hydroxylation is 1. The minimum absolute atomic E-state index is 0.179. The zero-order chi connectivity index (χ0) is 30.4. The van der Waals surface area contributed by atoms with Crippen LogP contribution in [0.5, 0.6) is 0 Å². The summed E-state index contributed by atoms with van der Waals surface area (Å²) in [6, 6.07) is 20.5. The monoisotopic (exact) mass is 582 g/mol. The van der Waals surface area contributed by atoms with E-state index in [1.54, 1.807) is 36.7 Å². The molecule has 0 unspecified atom stereocenters. The number of aromatic nitrogens is 2. The summed E-state index contributed by atoms with van der Waals surface area (Å²) in [6.45, 7) is 1.95. The number of benzene rings is 3. The molecular weight excluding hydrogens is 559 g/mol. The van der Waals surface area contributed by atoms with Gasteiger partial charge in [-0.2, -0.15) is 13.2 Å². The SMILES string of the molecule is Cc1[nH]c2ccccc2c1CC(=O)Nc1ccc(Nc2cccnc2)c(-c2ccc(F)c(F)c2)c1.O=C(O)C(F)(F)F. The van der Waals surface area contributed by atoms with Gasteiger partial charge in [-0.25, -0.2) is 13.6 Å². The van der Waals surface area contributed by atoms with E-state index < -0.39 is 23.8 Å². The second-order valence-electron chi connectivity index (χ2n) is 9.06. The van der Waals surface area contributed by atoms with Crippen LogP contribution in [0, 0.1) is 18.6 Å². The molecule has 12 heteroatoms. The maximum atomic E-state index is 14.0. The predicted molar refractivity (Wildman–Crippen MR) is 148 cm³/mol. The van der Waals surface area contributed by atoms with Gasteiger partial charge >= 0.3 is 12.1 Å². The topological polar surface area (TPSA) is 107 Å². The van der Waals surface area contributed by atoms with Crippen molar-refractivity contribution in [3.05, 3.63) is 108 Å². The lowest BCUT2D eigenvalue weighted by molar-refractivity contribution is -0.192. The lowest BCUT2D eigenvalue weighted by Gasteiger charge is -2.15. The molecule has 4 N–H and O–H groups in total. The number of pyridine rings is 1. The summed E-state index contributed by atoms with van der Waals surface area (Å²) in [6.07, 6.45) is -1.56. The third kappa shape index (κ3) is 7.27. The third-order valence-electron chi connectivity index (χ3n) is 6.08. The minimum Gasteiger partial charge on any atom is -0.475 e. The number of alkyl halides is 3. The van der Waals surface area contributed by atoms with Crippen molar-refractivity contribution in [2.45, 2.75) is 19.5 Å². The van der Waals surface area contributed by atoms with E-state index in [0.29, 0.717) is 22.5 Å². The molecule has 3 aromatic carbocycles. The van der Waals surface area contributed by atoms with E-state index in [0.717, 1.165) is 40.0 Å². The Kier molecular flexibility index (Phi) is 8.84. The van der Waals surface area contributed by atoms with E-state index in [4.69, 9.17) is 9.90 Å². The first kappa shape index (κ1) is 29.7. The average Bonchev–Trinajstić information content (AvgIpc) is 3.26. The zero-order valence-corrected chi connectivity index (χ0v) is 21.9. The van der Waals surface area contributed by atoms with Gasteiger partial charge in [-0.15, -0.1) is 0 Å². The Morgan fingerprint density at radius 3 is 2.33 bits per heavy atom. The zero-order valence-electron chi connectivity index (χ0n) is 21.9. The second kappa shape index (κ2) is 12.5. The summed E-state index contributed by atoms with van der Waals surface area (Å²) in [5.41, 5.74) is 5.89. The first-order valence-corrected chi connectivity index (χ1v) is 12.3. The van der Waals surface area contributed by atoms with Gasteiger partial charge in [0, 0.05) is 39.7 Å². The third-order valence-corrected chi connectivity index (χ3v) is 6.08. The first-order valence-electron chi connectivity index (χ1n) is 12.3. The standard InChI is InChI=1S/C28H22F2N4O.C2HF3O2/c1-17-22(21-6-2-3-7-26(21)32-17)15-28(35)34-19-9-11-27(33-20-5-4-12-31-16-20)23(14-19)18-8-10-24(29)25(30)13-18;3-2(4,5)1(6)7/h2-14,16,32-33H,15H2,1H3,(H,34,35);(H,6,7). The normalized spacial score (nSPS) is 11.0. The number of fused-ring (bicyclic) bond motifs is 1. The number of nitrogens with one attached hydrogen (secondary N) is 3. The fourth-order valence-corrected chi connectivity index (χ4v) is 4.15. The van der Waals surface area contributed by atoms with Gasteiger partial charge in [0.05, 0.1) is 18.3 Å². The molecular formula is C30H23F5N4O3. The molecule has 5 aromatic rings. The fraction of sp³-hybridized carbons (Fsp3) is 0.100. The molecule has 0 bridgehead atoms. The highest BCUT2D eigenvalue weighted by molar-refractivity contribution is 5.97. The number of carboxylic acids is 1. The maximum absolute atomic E-state index is 14.0. The number of aromatic amines is 1. The summed E-state index contributed by atoms with van der Waals surface area (Å²) in [5, 5.41) is 14.3. The number of hydrogen-bond donors (Lipinski definition) is 4. The molecule has 0 aliphatic carbocycles. The van der Waals surface area contributed by atoms with Crippen LogP contribution in [0.1, 0.15) is 11.3 Å². The molecule has 1 amide bonds. The summed E-state index contributed by atoms with van der Waals surface area (Å²) < 4.78 is 59.3. The van der Waals surface area contributed by atoms with Gasteiger partial charge in [0.15, 0.2) is 11.6 Å². The van der Waals surface area contributed by atoms with Crippen molar-refractivity contribution in [2.24, 2.45) is 0 Å². The lowest BCUT2D eigenvalue weighted by Crippen LogP contribution is -2.21. The largest absolute Gasteiger partial charge is 0.490 e. The van der Waals surface area contributed by atoms with Crippen molar-refractivity contribution in [3.63, 3.8) is 0 Å². The number of nitrogens with zero attached hydrogens (tertiary/aromatic N) is 1. The Morgan fingerprint density at radius 2 is 1.67 bits per heavy atom. The summed E-state index contributed by atoms with van der Waals surface area (Å²) >= 11 is 0. The lowest BCUT2D eigenvalue weighted by atomic mass is 10.0. The van der Waals surface area contributed by atoms with Crippen molar-refractivity contribution >= 4 is 39.8 Å². The van der Waals surface area contributed by atoms with Gasteiger partial charge in [-0.3, -0.25) is 9.78 Å². The van der Waals surface area contributed by atoms with E-state index in [9.17, 15) is 26.7 Å². The number of rotatable bonds is 6. The van der Waals surface area contributed by atoms with Crippen LogP contribution in [0.4, 0.5) is 39.0 Å². The van der Waals surface area contributed by atoms with Gasteiger partial charge in [0.25, 0.3) is 0 Å². The number of anilines is 3. The van der Waals surface area contributed by atoms with Gasteiger partial charge in [0.2, 0.25) is 5.91 Å². The van der Waals surface area contributed by atoms with Crippen molar-refractivity contribution in [3.8, 4) is 11.1 Å². The number of amides is 1. The van der Waals surface area contributed by atoms with Gasteiger partial charge in [-0.1, -0.05) is 24.3 Å². The van der Waals surface area contributed by atoms with Crippen LogP contribution in [0.15, 0.2) is 85.2 Å². The van der Waals surface area contributed by atoms with Crippen LogP contribution in [0.25, 0.3) is 22.0 Å². The number of hydrogen-bond acceptors (Lipinski definition) is 4. The number of carbonyl (C=O) groups excluding carboxylic acids is 1. The van der Waals surface area contributed by atoms with Gasteiger partial charge in [0.1, 0.15) is 0 Å². The summed E-state index contributed by atoms with van der Waals surface area (Å²) in [4.78, 5) is 29.2. The summed E-state index contributed by atoms with van der Waals surface area (Å²) in [7, 11) is 0. The van der Waals surface area contributed by atoms with Crippen LogP contribution in [-0.2, 0) is 16.0 Å². The molecule has 0 radical (unpaired) electrons. The predicted octanol–water partition coefficient (Wildman–Crippen LogP) is 7.37. The van der Waals surface area contributed by atoms with Gasteiger partial charge in [-0.05, 0) is 66.6 Å². The highest BCUT2D eigenvalue weighted by atomic mass is 19.4. The molecule has 0 spiro atoms. The smallest absolute Gasteiger partial charge is 0.475 e. The van der Waals surface area contributed by atoms with Crippen molar-refractivity contribution < 1.29 is 36.6 Å². The Morgan fingerprint density at radius 1 is 0.929 bits per heavy atom. The molecule has 5 rings (SSSR count). The molecule has 0 aliphatic heterocycles. The second-order valence-corrected chi connectivity index (χ2v) is 9.06. The van der Waals surface area contributed by atoms with E-state index >= 15 is 0 Å². The quantitative estimate of drug-likeness (QED) is 0.156. The van der Waals surface area contributed by atoms with E-state index in [1.807, 2.05) is 37.3 Å². The Labute approximate surface area is 236 Å². The first-order chi connectivity index (χ1) is 19.9. The molecule has 216 valence electrons. The number of carbonyl (C=O) groups is 2. The van der Waals surface area contributed by atoms with E-state index in [-0.39, 0.29) is 12.3 Å². The molecule has 42 heavy (non-hydrogen) atoms. The average molecular weight is 583 g/mol. The molecule has 0 saturated heterocycles. The highest BCUT2D eigenvalue weighted by Crippen LogP contribution is 2.34. The van der Waals surface area contributed by atoms with Crippen molar-refractivity contribution in [1.82, 2.24) is 9.97 Å². The van der Waals surface area contributed by atoms with Crippen LogP contribution in [0.2, 0.25) is 0 Å². The fourth-order valence-electron chi connectivity index (χ4n) is 4.15. The minimum atomic E-state index is -5.08. The number of carboxylic acid groups (broad SMARTS) is 1. The summed E-state index contributed by atoms with van der Waals surface area (Å²) in [5.74, 6) is -4.80. The molecule has 0 fully saturated rings. The van der Waals surface area contributed by atoms with Gasteiger partial charge < -0.3 is 20.7 Å². The van der Waals surface area contributed by atoms with E-state index in [2.05, 4.69) is 20.6 Å². The molecule has 0 atom stereocenters. The van der Waals surface area contributed by atoms with Crippen LogP contribution >= 0.6 is 0 Å². The Hall–Kier alpha value is -5.26. The number of halogens is 5. The molecule has 7 nitrogen and oxygen atoms in total. The maximum Gasteiger partial charge on any atom is 0.490 e. The Balaban J connectivity index is 0.000000517. The molecule has 0 saturated carbocycles. The Bertz CT molecular complexity index is 1740. The number of H-pyrrole nitrogens is 1. The molecule has 2 aromatic heterocycles. The van der Waals surface area contributed by atoms with Crippen molar-refractivity contribution in [2.75, 3.05) is 10.6 Å². The number of aliphatic carboxylic acids is 1. The number of para-hydroxylation sites is 1. The van der Waals surface area contributed by atoms with Crippen LogP contribution in [0.3, 0.4) is 0 Å². The van der Waals surface area contributed by atoms with Crippen LogP contribution < -0.4 is 10.6 Å².